The smallest absolute Gasteiger partial charge is 0.262 e. The van der Waals surface area contributed by atoms with Gasteiger partial charge in [-0.15, -0.1) is 0 Å². The zero-order chi connectivity index (χ0) is 19.8. The van der Waals surface area contributed by atoms with Crippen LogP contribution in [0.1, 0.15) is 6.92 Å². The number of carbonyl (C=O) groups is 1. The molecule has 0 saturated carbocycles. The zero-order valence-corrected chi connectivity index (χ0v) is 15.9. The third kappa shape index (κ3) is 5.74. The summed E-state index contributed by atoms with van der Waals surface area (Å²) >= 11 is 0. The van der Waals surface area contributed by atoms with Gasteiger partial charge in [-0.3, -0.25) is 4.79 Å². The van der Waals surface area contributed by atoms with E-state index in [9.17, 15) is 4.79 Å². The number of rotatable bonds is 8. The van der Waals surface area contributed by atoms with Crippen molar-refractivity contribution in [2.45, 2.75) is 6.92 Å². The number of ether oxygens (including phenoxy) is 2. The van der Waals surface area contributed by atoms with E-state index in [4.69, 9.17) is 9.47 Å². The molecule has 3 aromatic rings. The second-order valence-electron chi connectivity index (χ2n) is 6.50. The maximum atomic E-state index is 12.2. The highest BCUT2D eigenvalue weighted by Gasteiger charge is 2.06. The van der Waals surface area contributed by atoms with Crippen LogP contribution in [-0.2, 0) is 4.79 Å². The van der Waals surface area contributed by atoms with Crippen molar-refractivity contribution in [3.63, 3.8) is 0 Å². The fourth-order valence-corrected chi connectivity index (χ4v) is 2.59. The van der Waals surface area contributed by atoms with Crippen molar-refractivity contribution in [1.82, 2.24) is 0 Å². The summed E-state index contributed by atoms with van der Waals surface area (Å²) in [5, 5.41) is 2.81. The van der Waals surface area contributed by atoms with Gasteiger partial charge in [0.25, 0.3) is 5.91 Å². The van der Waals surface area contributed by atoms with Gasteiger partial charge >= 0.3 is 0 Å². The van der Waals surface area contributed by atoms with Gasteiger partial charge < -0.3 is 14.8 Å². The van der Waals surface area contributed by atoms with E-state index in [1.54, 1.807) is 12.1 Å². The fourth-order valence-electron chi connectivity index (χ4n) is 2.59. The summed E-state index contributed by atoms with van der Waals surface area (Å²) in [6.07, 6.45) is 0. The second-order valence-corrected chi connectivity index (χ2v) is 6.50. The molecule has 0 spiro atoms. The molecule has 0 fully saturated rings. The lowest BCUT2D eigenvalue weighted by Gasteiger charge is -2.10. The highest BCUT2D eigenvalue weighted by atomic mass is 16.5. The largest absolute Gasteiger partial charge is 0.489 e. The van der Waals surface area contributed by atoms with Crippen molar-refractivity contribution >= 4 is 11.6 Å². The molecule has 142 valence electrons. The summed E-state index contributed by atoms with van der Waals surface area (Å²) in [5.74, 6) is 1.09. The topological polar surface area (TPSA) is 47.6 Å². The first kappa shape index (κ1) is 19.2. The van der Waals surface area contributed by atoms with Gasteiger partial charge in [-0.1, -0.05) is 55.1 Å². The van der Waals surface area contributed by atoms with Crippen molar-refractivity contribution in [3.8, 4) is 22.6 Å². The molecule has 4 heteroatoms. The van der Waals surface area contributed by atoms with Gasteiger partial charge in [0.2, 0.25) is 0 Å². The molecule has 0 aliphatic heterocycles. The molecule has 0 heterocycles. The van der Waals surface area contributed by atoms with Crippen molar-refractivity contribution < 1.29 is 14.3 Å². The average molecular weight is 373 g/mol. The minimum Gasteiger partial charge on any atom is -0.489 e. The first-order chi connectivity index (χ1) is 13.6. The van der Waals surface area contributed by atoms with E-state index in [2.05, 4.69) is 24.0 Å². The van der Waals surface area contributed by atoms with Crippen molar-refractivity contribution in [1.29, 1.82) is 0 Å². The van der Waals surface area contributed by atoms with E-state index < -0.39 is 0 Å². The van der Waals surface area contributed by atoms with Gasteiger partial charge in [0.15, 0.2) is 6.61 Å². The Morgan fingerprint density at radius 2 is 1.50 bits per heavy atom. The second kappa shape index (κ2) is 9.42. The molecular formula is C24H23NO3. The highest BCUT2D eigenvalue weighted by molar-refractivity contribution is 5.92. The van der Waals surface area contributed by atoms with Gasteiger partial charge in [0.05, 0.1) is 0 Å². The molecule has 0 aliphatic carbocycles. The van der Waals surface area contributed by atoms with Crippen LogP contribution in [0.5, 0.6) is 11.5 Å². The molecule has 0 aromatic heterocycles. The van der Waals surface area contributed by atoms with Crippen LogP contribution < -0.4 is 14.8 Å². The Labute approximate surface area is 165 Å². The lowest BCUT2D eigenvalue weighted by atomic mass is 10.1. The standard InChI is InChI=1S/C24H23NO3/c1-18(2)16-27-23-10-6-9-21(15-23)25-24(26)17-28-22-13-11-20(12-14-22)19-7-4-3-5-8-19/h3-15H,1,16-17H2,2H3,(H,25,26). The average Bonchev–Trinajstić information content (AvgIpc) is 2.72. The molecular weight excluding hydrogens is 350 g/mol. The number of carbonyl (C=O) groups excluding carboxylic acids is 1. The number of benzene rings is 3. The third-order valence-corrected chi connectivity index (χ3v) is 3.93. The Bertz CT molecular complexity index is 934. The van der Waals surface area contributed by atoms with Crippen molar-refractivity contribution in [3.05, 3.63) is 91.0 Å². The molecule has 0 radical (unpaired) electrons. The van der Waals surface area contributed by atoms with Gasteiger partial charge in [-0.05, 0) is 47.9 Å². The van der Waals surface area contributed by atoms with Crippen LogP contribution in [0.15, 0.2) is 91.0 Å². The molecule has 3 aromatic carbocycles. The summed E-state index contributed by atoms with van der Waals surface area (Å²) in [6.45, 7) is 6.08. The van der Waals surface area contributed by atoms with Crippen LogP contribution in [0.2, 0.25) is 0 Å². The maximum Gasteiger partial charge on any atom is 0.262 e. The fraction of sp³-hybridized carbons (Fsp3) is 0.125. The summed E-state index contributed by atoms with van der Waals surface area (Å²) in [4.78, 5) is 12.2. The van der Waals surface area contributed by atoms with Gasteiger partial charge in [0.1, 0.15) is 18.1 Å². The van der Waals surface area contributed by atoms with Crippen molar-refractivity contribution in [2.75, 3.05) is 18.5 Å². The minimum atomic E-state index is -0.232. The van der Waals surface area contributed by atoms with Gasteiger partial charge in [-0.25, -0.2) is 0 Å². The molecule has 0 unspecified atom stereocenters. The Morgan fingerprint density at radius 1 is 0.821 bits per heavy atom. The lowest BCUT2D eigenvalue weighted by molar-refractivity contribution is -0.118. The third-order valence-electron chi connectivity index (χ3n) is 3.93. The van der Waals surface area contributed by atoms with Gasteiger partial charge in [-0.2, -0.15) is 0 Å². The van der Waals surface area contributed by atoms with E-state index in [-0.39, 0.29) is 12.5 Å². The number of anilines is 1. The van der Waals surface area contributed by atoms with Crippen LogP contribution in [0.4, 0.5) is 5.69 Å². The van der Waals surface area contributed by atoms with Crippen LogP contribution in [0, 0.1) is 0 Å². The summed E-state index contributed by atoms with van der Waals surface area (Å²) in [5.41, 5.74) is 3.83. The summed E-state index contributed by atoms with van der Waals surface area (Å²) < 4.78 is 11.2. The predicted octanol–water partition coefficient (Wildman–Crippen LogP) is 5.33. The first-order valence-corrected chi connectivity index (χ1v) is 9.05. The van der Waals surface area contributed by atoms with Crippen LogP contribution in [0.25, 0.3) is 11.1 Å². The summed E-state index contributed by atoms with van der Waals surface area (Å²) in [7, 11) is 0. The highest BCUT2D eigenvalue weighted by Crippen LogP contribution is 2.22. The SMILES string of the molecule is C=C(C)COc1cccc(NC(=O)COc2ccc(-c3ccccc3)cc2)c1. The molecule has 0 atom stereocenters. The Balaban J connectivity index is 1.52. The van der Waals surface area contributed by atoms with E-state index in [0.717, 1.165) is 16.7 Å². The molecule has 3 rings (SSSR count). The number of nitrogens with one attached hydrogen (secondary N) is 1. The van der Waals surface area contributed by atoms with Crippen LogP contribution in [-0.4, -0.2) is 19.1 Å². The van der Waals surface area contributed by atoms with Gasteiger partial charge in [0, 0.05) is 11.8 Å². The maximum absolute atomic E-state index is 12.2. The zero-order valence-electron chi connectivity index (χ0n) is 15.9. The molecule has 28 heavy (non-hydrogen) atoms. The van der Waals surface area contributed by atoms with E-state index >= 15 is 0 Å². The molecule has 1 N–H and O–H groups in total. The first-order valence-electron chi connectivity index (χ1n) is 9.05. The van der Waals surface area contributed by atoms with E-state index in [1.165, 1.54) is 0 Å². The van der Waals surface area contributed by atoms with Crippen molar-refractivity contribution in [2.24, 2.45) is 0 Å². The summed E-state index contributed by atoms with van der Waals surface area (Å²) in [6, 6.07) is 25.0. The quantitative estimate of drug-likeness (QED) is 0.543. The Morgan fingerprint density at radius 3 is 2.21 bits per heavy atom. The minimum absolute atomic E-state index is 0.0679. The molecule has 1 amide bonds. The monoisotopic (exact) mass is 373 g/mol. The molecule has 0 aliphatic rings. The molecule has 0 bridgehead atoms. The predicted molar refractivity (Wildman–Crippen MR) is 113 cm³/mol. The normalized spacial score (nSPS) is 10.2. The Kier molecular flexibility index (Phi) is 6.47. The Hall–Kier alpha value is -3.53. The van der Waals surface area contributed by atoms with Crippen LogP contribution >= 0.6 is 0 Å². The van der Waals surface area contributed by atoms with Crippen LogP contribution in [0.3, 0.4) is 0 Å². The number of hydrogen-bond acceptors (Lipinski definition) is 3. The molecule has 4 nitrogen and oxygen atoms in total. The van der Waals surface area contributed by atoms with E-state index in [0.29, 0.717) is 23.8 Å². The van der Waals surface area contributed by atoms with E-state index in [1.807, 2.05) is 61.5 Å². The number of hydrogen-bond donors (Lipinski definition) is 1. The number of amides is 1. The lowest BCUT2D eigenvalue weighted by Crippen LogP contribution is -2.20. The molecule has 0 saturated heterocycles.